The molecule has 0 saturated heterocycles. The van der Waals surface area contributed by atoms with Gasteiger partial charge in [-0.05, 0) is 49.4 Å². The van der Waals surface area contributed by atoms with Gasteiger partial charge in [0, 0.05) is 28.6 Å². The summed E-state index contributed by atoms with van der Waals surface area (Å²) in [6.45, 7) is 2.07. The normalized spacial score (nSPS) is 11.0. The highest BCUT2D eigenvalue weighted by Gasteiger charge is 2.10. The SMILES string of the molecule is Cc1[nH]c(CCCCCc2ccccc2)nc1Cc1ccc(Cl)cc1Cl. The molecule has 4 heteroatoms. The zero-order valence-electron chi connectivity index (χ0n) is 15.1. The number of aromatic nitrogens is 2. The highest BCUT2D eigenvalue weighted by Crippen LogP contribution is 2.24. The van der Waals surface area contributed by atoms with Crippen LogP contribution in [-0.2, 0) is 19.3 Å². The number of hydrogen-bond acceptors (Lipinski definition) is 1. The fourth-order valence-electron chi connectivity index (χ4n) is 3.14. The van der Waals surface area contributed by atoms with Crippen LogP contribution in [0.1, 0.15) is 47.6 Å². The van der Waals surface area contributed by atoms with Crippen molar-refractivity contribution in [2.24, 2.45) is 0 Å². The summed E-state index contributed by atoms with van der Waals surface area (Å²) in [5.74, 6) is 1.07. The minimum Gasteiger partial charge on any atom is -0.346 e. The maximum absolute atomic E-state index is 6.29. The predicted molar refractivity (Wildman–Crippen MR) is 110 cm³/mol. The van der Waals surface area contributed by atoms with Crippen molar-refractivity contribution in [1.29, 1.82) is 0 Å². The van der Waals surface area contributed by atoms with Crippen LogP contribution in [0.4, 0.5) is 0 Å². The Labute approximate surface area is 165 Å². The van der Waals surface area contributed by atoms with Gasteiger partial charge in [0.15, 0.2) is 0 Å². The second-order valence-electron chi connectivity index (χ2n) is 6.71. The number of halogens is 2. The van der Waals surface area contributed by atoms with Gasteiger partial charge in [0.05, 0.1) is 5.69 Å². The van der Waals surface area contributed by atoms with Crippen LogP contribution in [0.2, 0.25) is 10.0 Å². The van der Waals surface area contributed by atoms with E-state index >= 15 is 0 Å². The third kappa shape index (κ3) is 5.36. The van der Waals surface area contributed by atoms with Crippen molar-refractivity contribution in [2.45, 2.75) is 45.4 Å². The summed E-state index contributed by atoms with van der Waals surface area (Å²) in [5, 5.41) is 1.36. The third-order valence-electron chi connectivity index (χ3n) is 4.63. The first kappa shape index (κ1) is 19.0. The van der Waals surface area contributed by atoms with Gasteiger partial charge in [-0.2, -0.15) is 0 Å². The number of nitrogens with one attached hydrogen (secondary N) is 1. The molecule has 2 nitrogen and oxygen atoms in total. The van der Waals surface area contributed by atoms with Crippen molar-refractivity contribution in [2.75, 3.05) is 0 Å². The van der Waals surface area contributed by atoms with Gasteiger partial charge in [-0.15, -0.1) is 0 Å². The third-order valence-corrected chi connectivity index (χ3v) is 5.22. The molecule has 0 unspecified atom stereocenters. The largest absolute Gasteiger partial charge is 0.346 e. The fraction of sp³-hybridized carbons (Fsp3) is 0.318. The van der Waals surface area contributed by atoms with Gasteiger partial charge in [-0.3, -0.25) is 0 Å². The van der Waals surface area contributed by atoms with Crippen molar-refractivity contribution in [3.63, 3.8) is 0 Å². The molecular weight excluding hydrogens is 363 g/mol. The van der Waals surface area contributed by atoms with Gasteiger partial charge in [-0.25, -0.2) is 4.98 Å². The van der Waals surface area contributed by atoms with E-state index in [4.69, 9.17) is 28.2 Å². The van der Waals surface area contributed by atoms with Crippen LogP contribution >= 0.6 is 23.2 Å². The molecule has 136 valence electrons. The lowest BCUT2D eigenvalue weighted by Crippen LogP contribution is -1.93. The van der Waals surface area contributed by atoms with Crippen LogP contribution in [0.5, 0.6) is 0 Å². The maximum atomic E-state index is 6.29. The number of aryl methyl sites for hydroxylation is 3. The van der Waals surface area contributed by atoms with Crippen LogP contribution in [0.15, 0.2) is 48.5 Å². The lowest BCUT2D eigenvalue weighted by atomic mass is 10.1. The summed E-state index contributed by atoms with van der Waals surface area (Å²) in [4.78, 5) is 8.20. The number of H-pyrrole nitrogens is 1. The van der Waals surface area contributed by atoms with Gasteiger partial charge in [-0.1, -0.05) is 66.0 Å². The number of benzene rings is 2. The summed E-state index contributed by atoms with van der Waals surface area (Å²) in [7, 11) is 0. The van der Waals surface area contributed by atoms with Crippen LogP contribution in [0, 0.1) is 6.92 Å². The number of imidazole rings is 1. The molecule has 0 aliphatic carbocycles. The molecule has 1 heterocycles. The Morgan fingerprint density at radius 3 is 2.46 bits per heavy atom. The minimum atomic E-state index is 0.661. The molecule has 2 aromatic carbocycles. The number of unbranched alkanes of at least 4 members (excludes halogenated alkanes) is 2. The Morgan fingerprint density at radius 1 is 0.923 bits per heavy atom. The number of nitrogens with zero attached hydrogens (tertiary/aromatic N) is 1. The second kappa shape index (κ2) is 9.25. The monoisotopic (exact) mass is 386 g/mol. The van der Waals surface area contributed by atoms with E-state index in [-0.39, 0.29) is 0 Å². The van der Waals surface area contributed by atoms with E-state index in [1.807, 2.05) is 12.1 Å². The summed E-state index contributed by atoms with van der Waals surface area (Å²) < 4.78 is 0. The first-order chi connectivity index (χ1) is 12.6. The minimum absolute atomic E-state index is 0.661. The topological polar surface area (TPSA) is 28.7 Å². The molecular formula is C22H24Cl2N2. The van der Waals surface area contributed by atoms with Crippen molar-refractivity contribution in [3.05, 3.63) is 86.9 Å². The average molecular weight is 387 g/mol. The standard InChI is InChI=1S/C22H24Cl2N2/c1-16-21(14-18-12-13-19(23)15-20(18)24)26-22(25-16)11-7-3-6-10-17-8-4-2-5-9-17/h2,4-5,8-9,12-13,15H,3,6-7,10-11,14H2,1H3,(H,25,26). The zero-order chi connectivity index (χ0) is 18.4. The molecule has 0 atom stereocenters. The van der Waals surface area contributed by atoms with Crippen molar-refractivity contribution in [3.8, 4) is 0 Å². The lowest BCUT2D eigenvalue weighted by Gasteiger charge is -2.03. The summed E-state index contributed by atoms with van der Waals surface area (Å²) in [6, 6.07) is 16.3. The Bertz CT molecular complexity index is 841. The maximum Gasteiger partial charge on any atom is 0.106 e. The van der Waals surface area contributed by atoms with E-state index in [0.29, 0.717) is 10.0 Å². The molecule has 0 aliphatic rings. The van der Waals surface area contributed by atoms with Crippen LogP contribution in [0.3, 0.4) is 0 Å². The van der Waals surface area contributed by atoms with E-state index in [1.54, 1.807) is 6.07 Å². The van der Waals surface area contributed by atoms with Gasteiger partial charge in [0.2, 0.25) is 0 Å². The number of aromatic amines is 1. The summed E-state index contributed by atoms with van der Waals surface area (Å²) >= 11 is 12.3. The molecule has 0 spiro atoms. The summed E-state index contributed by atoms with van der Waals surface area (Å²) in [5.41, 5.74) is 4.66. The van der Waals surface area contributed by atoms with E-state index < -0.39 is 0 Å². The second-order valence-corrected chi connectivity index (χ2v) is 7.56. The van der Waals surface area contributed by atoms with Gasteiger partial charge in [0.25, 0.3) is 0 Å². The first-order valence-corrected chi connectivity index (χ1v) is 9.89. The molecule has 0 aliphatic heterocycles. The average Bonchev–Trinajstić information content (AvgIpc) is 2.97. The molecule has 0 bridgehead atoms. The van der Waals surface area contributed by atoms with Gasteiger partial charge in [0.1, 0.15) is 5.82 Å². The van der Waals surface area contributed by atoms with E-state index in [2.05, 4.69) is 42.2 Å². The van der Waals surface area contributed by atoms with Crippen LogP contribution in [0.25, 0.3) is 0 Å². The van der Waals surface area contributed by atoms with Gasteiger partial charge >= 0.3 is 0 Å². The molecule has 3 aromatic rings. The van der Waals surface area contributed by atoms with Crippen molar-refractivity contribution >= 4 is 23.2 Å². The highest BCUT2D eigenvalue weighted by atomic mass is 35.5. The molecule has 0 radical (unpaired) electrons. The van der Waals surface area contributed by atoms with E-state index in [1.165, 1.54) is 18.4 Å². The van der Waals surface area contributed by atoms with E-state index in [0.717, 1.165) is 48.5 Å². The smallest absolute Gasteiger partial charge is 0.106 e. The molecule has 0 saturated carbocycles. The van der Waals surface area contributed by atoms with Crippen molar-refractivity contribution < 1.29 is 0 Å². The molecule has 1 aromatic heterocycles. The fourth-order valence-corrected chi connectivity index (χ4v) is 3.62. The Hall–Kier alpha value is -1.77. The lowest BCUT2D eigenvalue weighted by molar-refractivity contribution is 0.664. The molecule has 26 heavy (non-hydrogen) atoms. The quantitative estimate of drug-likeness (QED) is 0.435. The zero-order valence-corrected chi connectivity index (χ0v) is 16.6. The predicted octanol–water partition coefficient (Wildman–Crippen LogP) is 6.57. The first-order valence-electron chi connectivity index (χ1n) is 9.14. The van der Waals surface area contributed by atoms with Crippen LogP contribution in [-0.4, -0.2) is 9.97 Å². The summed E-state index contributed by atoms with van der Waals surface area (Å²) in [6.07, 6.45) is 6.46. The molecule has 0 amide bonds. The molecule has 3 rings (SSSR count). The Morgan fingerprint density at radius 2 is 1.69 bits per heavy atom. The van der Waals surface area contributed by atoms with Crippen LogP contribution < -0.4 is 0 Å². The van der Waals surface area contributed by atoms with E-state index in [9.17, 15) is 0 Å². The highest BCUT2D eigenvalue weighted by molar-refractivity contribution is 6.35. The van der Waals surface area contributed by atoms with Gasteiger partial charge < -0.3 is 4.98 Å². The Balaban J connectivity index is 1.48. The van der Waals surface area contributed by atoms with Crippen molar-refractivity contribution in [1.82, 2.24) is 9.97 Å². The molecule has 1 N–H and O–H groups in total. The molecule has 0 fully saturated rings. The Kier molecular flexibility index (Phi) is 6.76. The number of hydrogen-bond donors (Lipinski definition) is 1. The number of rotatable bonds is 8.